The predicted molar refractivity (Wildman–Crippen MR) is 150 cm³/mol. The molecular weight excluding hydrogens is 432 g/mol. The van der Waals surface area contributed by atoms with Crippen LogP contribution in [-0.2, 0) is 4.79 Å². The lowest BCUT2D eigenvalue weighted by atomic mass is 10.0. The molecule has 0 radical (unpaired) electrons. The summed E-state index contributed by atoms with van der Waals surface area (Å²) in [7, 11) is 0. The summed E-state index contributed by atoms with van der Waals surface area (Å²) in [4.78, 5) is 21.7. The number of nitrogen functional groups attached to an aromatic ring is 1. The molecule has 3 N–H and O–H groups in total. The number of aromatic nitrogens is 2. The van der Waals surface area contributed by atoms with Crippen LogP contribution in [-0.4, -0.2) is 15.9 Å². The zero-order chi connectivity index (χ0) is 24.7. The third-order valence-corrected chi connectivity index (χ3v) is 6.79. The molecule has 190 valence electrons. The molecule has 0 fully saturated rings. The van der Waals surface area contributed by atoms with E-state index in [-0.39, 0.29) is 5.91 Å². The Morgan fingerprint density at radius 2 is 1.14 bits per heavy atom. The van der Waals surface area contributed by atoms with Crippen LogP contribution in [0, 0.1) is 0 Å². The number of nitrogens with zero attached hydrogens (tertiary/aromatic N) is 2. The van der Waals surface area contributed by atoms with Gasteiger partial charge in [0.15, 0.2) is 0 Å². The van der Waals surface area contributed by atoms with Crippen molar-refractivity contribution in [2.24, 2.45) is 0 Å². The summed E-state index contributed by atoms with van der Waals surface area (Å²) < 4.78 is 0. The molecule has 3 rings (SSSR count). The maximum atomic E-state index is 12.4. The van der Waals surface area contributed by atoms with Crippen molar-refractivity contribution in [2.45, 2.75) is 110 Å². The molecule has 1 heterocycles. The highest BCUT2D eigenvalue weighted by Gasteiger charge is 2.09. The van der Waals surface area contributed by atoms with E-state index >= 15 is 0 Å². The van der Waals surface area contributed by atoms with Gasteiger partial charge in [0.1, 0.15) is 0 Å². The summed E-state index contributed by atoms with van der Waals surface area (Å²) in [5.74, 6) is 0.0134. The molecule has 0 saturated heterocycles. The van der Waals surface area contributed by atoms with E-state index in [0.29, 0.717) is 17.8 Å². The average molecular weight is 477 g/mol. The standard InChI is InChI=1S/C30H44N4O/c1-2-3-4-5-6-7-8-9-10-11-12-13-14-15-16-21-30(35)34-27-23-29-28(22-24(27)31)32-25-19-17-18-20-26(25)33-29/h17-20,22-23H,2-16,21,31H2,1H3,(H,34,35). The van der Waals surface area contributed by atoms with Crippen LogP contribution in [0.4, 0.5) is 11.4 Å². The fourth-order valence-electron chi connectivity index (χ4n) is 4.66. The number of unbranched alkanes of at least 4 members (excludes halogenated alkanes) is 14. The SMILES string of the molecule is CCCCCCCCCCCCCCCCCC(=O)Nc1cc2nc3ccccc3nc2cc1N. The molecule has 0 bridgehead atoms. The van der Waals surface area contributed by atoms with E-state index in [0.717, 1.165) is 34.9 Å². The highest BCUT2D eigenvalue weighted by atomic mass is 16.1. The number of fused-ring (bicyclic) bond motifs is 2. The first-order valence-electron chi connectivity index (χ1n) is 13.9. The van der Waals surface area contributed by atoms with Crippen molar-refractivity contribution >= 4 is 39.3 Å². The van der Waals surface area contributed by atoms with Gasteiger partial charge in [-0.2, -0.15) is 0 Å². The second kappa shape index (κ2) is 15.3. The van der Waals surface area contributed by atoms with Gasteiger partial charge < -0.3 is 11.1 Å². The molecule has 3 aromatic rings. The van der Waals surface area contributed by atoms with Crippen LogP contribution < -0.4 is 11.1 Å². The number of hydrogen-bond acceptors (Lipinski definition) is 4. The lowest BCUT2D eigenvalue weighted by molar-refractivity contribution is -0.116. The molecule has 5 nitrogen and oxygen atoms in total. The Labute approximate surface area is 211 Å². The van der Waals surface area contributed by atoms with Crippen LogP contribution in [0.2, 0.25) is 0 Å². The highest BCUT2D eigenvalue weighted by molar-refractivity contribution is 5.98. The maximum Gasteiger partial charge on any atom is 0.224 e. The molecule has 0 atom stereocenters. The lowest BCUT2D eigenvalue weighted by Crippen LogP contribution is -2.12. The molecule has 0 unspecified atom stereocenters. The molecule has 35 heavy (non-hydrogen) atoms. The third kappa shape index (κ3) is 9.46. The Balaban J connectivity index is 1.25. The van der Waals surface area contributed by atoms with Crippen LogP contribution in [0.15, 0.2) is 36.4 Å². The Hall–Kier alpha value is -2.69. The second-order valence-corrected chi connectivity index (χ2v) is 9.89. The van der Waals surface area contributed by atoms with E-state index in [1.807, 2.05) is 30.3 Å². The van der Waals surface area contributed by atoms with Crippen molar-refractivity contribution in [1.82, 2.24) is 9.97 Å². The number of nitrogens with one attached hydrogen (secondary N) is 1. The number of hydrogen-bond donors (Lipinski definition) is 2. The normalized spacial score (nSPS) is 11.3. The molecular formula is C30H44N4O. The number of rotatable bonds is 17. The molecule has 0 aliphatic heterocycles. The fraction of sp³-hybridized carbons (Fsp3) is 0.567. The molecule has 0 aliphatic carbocycles. The fourth-order valence-corrected chi connectivity index (χ4v) is 4.66. The Morgan fingerprint density at radius 1 is 0.686 bits per heavy atom. The maximum absolute atomic E-state index is 12.4. The largest absolute Gasteiger partial charge is 0.397 e. The van der Waals surface area contributed by atoms with Gasteiger partial charge in [-0.05, 0) is 30.7 Å². The zero-order valence-electron chi connectivity index (χ0n) is 21.7. The highest BCUT2D eigenvalue weighted by Crippen LogP contribution is 2.26. The zero-order valence-corrected chi connectivity index (χ0v) is 21.7. The topological polar surface area (TPSA) is 80.9 Å². The molecule has 5 heteroatoms. The van der Waals surface area contributed by atoms with Crippen LogP contribution in [0.5, 0.6) is 0 Å². The number of carbonyl (C=O) groups excluding carboxylic acids is 1. The smallest absolute Gasteiger partial charge is 0.224 e. The number of nitrogens with two attached hydrogens (primary N) is 1. The van der Waals surface area contributed by atoms with Crippen LogP contribution in [0.25, 0.3) is 22.1 Å². The Bertz CT molecular complexity index is 1050. The van der Waals surface area contributed by atoms with Gasteiger partial charge in [0.05, 0.1) is 33.4 Å². The van der Waals surface area contributed by atoms with Gasteiger partial charge in [-0.15, -0.1) is 0 Å². The van der Waals surface area contributed by atoms with E-state index in [1.165, 1.54) is 83.5 Å². The van der Waals surface area contributed by atoms with Gasteiger partial charge in [0.25, 0.3) is 0 Å². The average Bonchev–Trinajstić information content (AvgIpc) is 2.85. The van der Waals surface area contributed by atoms with Gasteiger partial charge in [0, 0.05) is 6.42 Å². The van der Waals surface area contributed by atoms with Gasteiger partial charge in [0.2, 0.25) is 5.91 Å². The van der Waals surface area contributed by atoms with Crippen molar-refractivity contribution in [3.63, 3.8) is 0 Å². The summed E-state index contributed by atoms with van der Waals surface area (Å²) in [5, 5.41) is 2.97. The first-order valence-corrected chi connectivity index (χ1v) is 13.9. The molecule has 0 saturated carbocycles. The van der Waals surface area contributed by atoms with E-state index in [2.05, 4.69) is 22.2 Å². The van der Waals surface area contributed by atoms with Gasteiger partial charge in [-0.25, -0.2) is 9.97 Å². The predicted octanol–water partition coefficient (Wildman–Crippen LogP) is 8.57. The lowest BCUT2D eigenvalue weighted by Gasteiger charge is -2.10. The van der Waals surface area contributed by atoms with E-state index in [9.17, 15) is 4.79 Å². The minimum absolute atomic E-state index is 0.0134. The van der Waals surface area contributed by atoms with Gasteiger partial charge in [-0.1, -0.05) is 109 Å². The monoisotopic (exact) mass is 476 g/mol. The van der Waals surface area contributed by atoms with Crippen LogP contribution in [0.1, 0.15) is 110 Å². The minimum Gasteiger partial charge on any atom is -0.397 e. The van der Waals surface area contributed by atoms with Crippen molar-refractivity contribution in [3.8, 4) is 0 Å². The summed E-state index contributed by atoms with van der Waals surface area (Å²) in [6.07, 6.45) is 20.3. The third-order valence-electron chi connectivity index (χ3n) is 6.79. The summed E-state index contributed by atoms with van der Waals surface area (Å²) in [6.45, 7) is 2.28. The molecule has 0 spiro atoms. The number of amides is 1. The van der Waals surface area contributed by atoms with E-state index in [1.54, 1.807) is 6.07 Å². The Kier molecular flexibility index (Phi) is 11.8. The minimum atomic E-state index is 0.0134. The summed E-state index contributed by atoms with van der Waals surface area (Å²) in [5.41, 5.74) is 10.5. The number of anilines is 2. The van der Waals surface area contributed by atoms with Crippen molar-refractivity contribution in [2.75, 3.05) is 11.1 Å². The quantitative estimate of drug-likeness (QED) is 0.116. The van der Waals surface area contributed by atoms with E-state index in [4.69, 9.17) is 5.73 Å². The van der Waals surface area contributed by atoms with Crippen molar-refractivity contribution < 1.29 is 4.79 Å². The number of carbonyl (C=O) groups is 1. The van der Waals surface area contributed by atoms with E-state index < -0.39 is 0 Å². The number of benzene rings is 2. The Morgan fingerprint density at radius 3 is 1.66 bits per heavy atom. The van der Waals surface area contributed by atoms with Crippen molar-refractivity contribution in [1.29, 1.82) is 0 Å². The van der Waals surface area contributed by atoms with Gasteiger partial charge >= 0.3 is 0 Å². The summed E-state index contributed by atoms with van der Waals surface area (Å²) in [6, 6.07) is 11.4. The first-order chi connectivity index (χ1) is 17.2. The molecule has 0 aliphatic rings. The van der Waals surface area contributed by atoms with Crippen LogP contribution >= 0.6 is 0 Å². The first kappa shape index (κ1) is 26.9. The summed E-state index contributed by atoms with van der Waals surface area (Å²) >= 11 is 0. The van der Waals surface area contributed by atoms with Crippen LogP contribution in [0.3, 0.4) is 0 Å². The number of para-hydroxylation sites is 2. The molecule has 1 aromatic heterocycles. The van der Waals surface area contributed by atoms with Crippen molar-refractivity contribution in [3.05, 3.63) is 36.4 Å². The second-order valence-electron chi connectivity index (χ2n) is 9.89. The molecule has 2 aromatic carbocycles. The molecule has 1 amide bonds. The van der Waals surface area contributed by atoms with Gasteiger partial charge in [-0.3, -0.25) is 4.79 Å².